The Balaban J connectivity index is 2.76. The number of ether oxygens (including phenoxy) is 3. The van der Waals surface area contributed by atoms with Gasteiger partial charge in [-0.05, 0) is 12.8 Å². The second kappa shape index (κ2) is 8.08. The number of aldehydes is 1. The van der Waals surface area contributed by atoms with Gasteiger partial charge in [-0.1, -0.05) is 20.8 Å². The van der Waals surface area contributed by atoms with Crippen molar-refractivity contribution >= 4 is 6.29 Å². The topological polar surface area (TPSA) is 65.0 Å². The number of hydrogen-bond acceptors (Lipinski definition) is 5. The molecule has 0 unspecified atom stereocenters. The molecule has 1 aliphatic rings. The lowest BCUT2D eigenvalue weighted by atomic mass is 9.74. The quantitative estimate of drug-likeness (QED) is 0.546. The van der Waals surface area contributed by atoms with Crippen LogP contribution >= 0.6 is 0 Å². The van der Waals surface area contributed by atoms with Crippen molar-refractivity contribution in [2.45, 2.75) is 70.9 Å². The molecule has 118 valence electrons. The number of carbonyl (C=O) groups is 1. The number of aliphatic hydroxyl groups excluding tert-OH is 1. The van der Waals surface area contributed by atoms with Crippen molar-refractivity contribution < 1.29 is 24.1 Å². The standard InChI is InChI=1S/C15H28O5/c1-5-11(17)8-12-9-14(19-10-18-4)15(2,3)13(20-12)6-7-16/h7,11-14,17H,5-6,8-10H2,1-4H3/t11-,12-,13+,14+/m1/s1. The van der Waals surface area contributed by atoms with Crippen molar-refractivity contribution in [3.8, 4) is 0 Å². The summed E-state index contributed by atoms with van der Waals surface area (Å²) in [5, 5.41) is 9.80. The maximum atomic E-state index is 10.9. The summed E-state index contributed by atoms with van der Waals surface area (Å²) in [6.45, 7) is 6.27. The van der Waals surface area contributed by atoms with Gasteiger partial charge in [0.15, 0.2) is 0 Å². The number of hydrogen-bond donors (Lipinski definition) is 1. The van der Waals surface area contributed by atoms with Gasteiger partial charge >= 0.3 is 0 Å². The summed E-state index contributed by atoms with van der Waals surface area (Å²) in [4.78, 5) is 10.9. The Morgan fingerprint density at radius 3 is 2.75 bits per heavy atom. The monoisotopic (exact) mass is 288 g/mol. The zero-order chi connectivity index (χ0) is 15.2. The first-order chi connectivity index (χ1) is 9.45. The molecule has 1 heterocycles. The van der Waals surface area contributed by atoms with Gasteiger partial charge in [0.25, 0.3) is 0 Å². The Morgan fingerprint density at radius 1 is 1.50 bits per heavy atom. The van der Waals surface area contributed by atoms with Crippen molar-refractivity contribution in [1.82, 2.24) is 0 Å². The zero-order valence-corrected chi connectivity index (χ0v) is 13.0. The van der Waals surface area contributed by atoms with E-state index in [9.17, 15) is 9.90 Å². The molecule has 0 bridgehead atoms. The highest BCUT2D eigenvalue weighted by Crippen LogP contribution is 2.40. The van der Waals surface area contributed by atoms with Crippen LogP contribution in [-0.2, 0) is 19.0 Å². The largest absolute Gasteiger partial charge is 0.393 e. The smallest absolute Gasteiger partial charge is 0.146 e. The van der Waals surface area contributed by atoms with Crippen molar-refractivity contribution in [2.75, 3.05) is 13.9 Å². The van der Waals surface area contributed by atoms with Crippen LogP contribution in [0.25, 0.3) is 0 Å². The molecular formula is C15H28O5. The minimum absolute atomic E-state index is 0.0461. The van der Waals surface area contributed by atoms with Gasteiger partial charge in [-0.2, -0.15) is 0 Å². The van der Waals surface area contributed by atoms with Crippen molar-refractivity contribution in [3.63, 3.8) is 0 Å². The fourth-order valence-corrected chi connectivity index (χ4v) is 2.71. The first-order valence-electron chi connectivity index (χ1n) is 7.33. The summed E-state index contributed by atoms with van der Waals surface area (Å²) < 4.78 is 16.8. The first-order valence-corrected chi connectivity index (χ1v) is 7.33. The Labute approximate surface area is 121 Å². The highest BCUT2D eigenvalue weighted by atomic mass is 16.7. The Bertz CT molecular complexity index is 292. The number of methoxy groups -OCH3 is 1. The van der Waals surface area contributed by atoms with Gasteiger partial charge in [0.05, 0.1) is 24.4 Å². The fourth-order valence-electron chi connectivity index (χ4n) is 2.71. The van der Waals surface area contributed by atoms with Crippen LogP contribution in [0.15, 0.2) is 0 Å². The second-order valence-electron chi connectivity index (χ2n) is 6.07. The molecule has 4 atom stereocenters. The third-order valence-electron chi connectivity index (χ3n) is 4.20. The summed E-state index contributed by atoms with van der Waals surface area (Å²) in [7, 11) is 1.59. The molecule has 0 aromatic heterocycles. The van der Waals surface area contributed by atoms with Gasteiger partial charge < -0.3 is 24.1 Å². The van der Waals surface area contributed by atoms with Crippen LogP contribution in [0.1, 0.15) is 46.5 Å². The third kappa shape index (κ3) is 4.52. The summed E-state index contributed by atoms with van der Waals surface area (Å²) in [6.07, 6.45) is 2.53. The lowest BCUT2D eigenvalue weighted by Gasteiger charge is -2.47. The van der Waals surface area contributed by atoms with E-state index in [1.165, 1.54) is 0 Å². The number of carbonyl (C=O) groups excluding carboxylic acids is 1. The average Bonchev–Trinajstić information content (AvgIpc) is 2.40. The van der Waals surface area contributed by atoms with Gasteiger partial charge in [0.2, 0.25) is 0 Å². The van der Waals surface area contributed by atoms with E-state index in [1.54, 1.807) is 7.11 Å². The summed E-state index contributed by atoms with van der Waals surface area (Å²) in [6, 6.07) is 0. The number of rotatable bonds is 8. The molecule has 0 radical (unpaired) electrons. The molecule has 0 aliphatic carbocycles. The summed E-state index contributed by atoms with van der Waals surface area (Å²) >= 11 is 0. The molecule has 5 nitrogen and oxygen atoms in total. The van der Waals surface area contributed by atoms with Crippen LogP contribution in [0.3, 0.4) is 0 Å². The Kier molecular flexibility index (Phi) is 7.09. The van der Waals surface area contributed by atoms with Crippen LogP contribution in [0, 0.1) is 5.41 Å². The zero-order valence-electron chi connectivity index (χ0n) is 13.0. The highest BCUT2D eigenvalue weighted by molar-refractivity contribution is 5.50. The highest BCUT2D eigenvalue weighted by Gasteiger charge is 2.45. The van der Waals surface area contributed by atoms with Crippen molar-refractivity contribution in [2.24, 2.45) is 5.41 Å². The van der Waals surface area contributed by atoms with Crippen LogP contribution in [-0.4, -0.2) is 49.7 Å². The number of aliphatic hydroxyl groups is 1. The average molecular weight is 288 g/mol. The van der Waals surface area contributed by atoms with E-state index >= 15 is 0 Å². The lowest BCUT2D eigenvalue weighted by Crippen LogP contribution is -2.52. The molecule has 5 heteroatoms. The minimum Gasteiger partial charge on any atom is -0.393 e. The van der Waals surface area contributed by atoms with Crippen LogP contribution in [0.2, 0.25) is 0 Å². The molecule has 0 amide bonds. The predicted molar refractivity (Wildman–Crippen MR) is 75.4 cm³/mol. The maximum Gasteiger partial charge on any atom is 0.146 e. The second-order valence-corrected chi connectivity index (χ2v) is 6.07. The third-order valence-corrected chi connectivity index (χ3v) is 4.20. The molecule has 1 rings (SSSR count). The van der Waals surface area contributed by atoms with Crippen molar-refractivity contribution in [3.05, 3.63) is 0 Å². The molecule has 0 aromatic rings. The molecule has 1 saturated heterocycles. The molecule has 0 saturated carbocycles. The SMILES string of the molecule is CC[C@@H](O)C[C@@H]1C[C@H](OCOC)C(C)(C)[C@H](CC=O)O1. The molecule has 1 aliphatic heterocycles. The Morgan fingerprint density at radius 2 is 2.20 bits per heavy atom. The molecule has 0 spiro atoms. The van der Waals surface area contributed by atoms with Gasteiger partial charge in [-0.3, -0.25) is 0 Å². The maximum absolute atomic E-state index is 10.9. The van der Waals surface area contributed by atoms with Gasteiger partial charge in [-0.25, -0.2) is 0 Å². The molecule has 20 heavy (non-hydrogen) atoms. The van der Waals surface area contributed by atoms with Gasteiger partial charge in [0.1, 0.15) is 13.1 Å². The van der Waals surface area contributed by atoms with Crippen LogP contribution in [0.5, 0.6) is 0 Å². The van der Waals surface area contributed by atoms with E-state index in [2.05, 4.69) is 0 Å². The van der Waals surface area contributed by atoms with E-state index in [0.717, 1.165) is 6.29 Å². The summed E-state index contributed by atoms with van der Waals surface area (Å²) in [5.74, 6) is 0. The van der Waals surface area contributed by atoms with Crippen LogP contribution in [0.4, 0.5) is 0 Å². The van der Waals surface area contributed by atoms with Gasteiger partial charge in [-0.15, -0.1) is 0 Å². The predicted octanol–water partition coefficient (Wildman–Crippen LogP) is 1.91. The van der Waals surface area contributed by atoms with E-state index in [4.69, 9.17) is 14.2 Å². The van der Waals surface area contributed by atoms with E-state index in [0.29, 0.717) is 25.7 Å². The molecule has 1 N–H and O–H groups in total. The fraction of sp³-hybridized carbons (Fsp3) is 0.933. The van der Waals surface area contributed by atoms with E-state index in [1.807, 2.05) is 20.8 Å². The Hall–Kier alpha value is -0.490. The van der Waals surface area contributed by atoms with E-state index < -0.39 is 0 Å². The van der Waals surface area contributed by atoms with Crippen LogP contribution < -0.4 is 0 Å². The molecule has 1 fully saturated rings. The lowest BCUT2D eigenvalue weighted by molar-refractivity contribution is -0.215. The van der Waals surface area contributed by atoms with Crippen molar-refractivity contribution in [1.29, 1.82) is 0 Å². The molecular weight excluding hydrogens is 260 g/mol. The normalized spacial score (nSPS) is 30.9. The minimum atomic E-state index is -0.374. The molecule has 0 aromatic carbocycles. The van der Waals surface area contributed by atoms with Gasteiger partial charge in [0, 0.05) is 25.4 Å². The summed E-state index contributed by atoms with van der Waals surface area (Å²) in [5.41, 5.74) is -0.257. The van der Waals surface area contributed by atoms with E-state index in [-0.39, 0.29) is 36.6 Å². The first kappa shape index (κ1) is 17.6.